The first-order valence-electron chi connectivity index (χ1n) is 9.07. The van der Waals surface area contributed by atoms with Gasteiger partial charge in [0.25, 0.3) is 5.91 Å². The van der Waals surface area contributed by atoms with Gasteiger partial charge in [0, 0.05) is 5.02 Å². The smallest absolute Gasteiger partial charge is 0.342 e. The minimum absolute atomic E-state index is 0.243. The third-order valence-corrected chi connectivity index (χ3v) is 4.37. The maximum Gasteiger partial charge on any atom is 0.342 e. The SMILES string of the molecule is C[C@H](NC(=O)COC(=O)c1ccccc1Oc1ccccc1)c1cccc(Cl)c1. The summed E-state index contributed by atoms with van der Waals surface area (Å²) in [6.45, 7) is 1.43. The Morgan fingerprint density at radius 3 is 2.45 bits per heavy atom. The topological polar surface area (TPSA) is 64.6 Å². The van der Waals surface area contributed by atoms with Gasteiger partial charge in [-0.15, -0.1) is 0 Å². The number of halogens is 1. The average Bonchev–Trinajstić information content (AvgIpc) is 2.73. The fraction of sp³-hybridized carbons (Fsp3) is 0.130. The van der Waals surface area contributed by atoms with E-state index in [1.165, 1.54) is 0 Å². The summed E-state index contributed by atoms with van der Waals surface area (Å²) in [6.07, 6.45) is 0. The fourth-order valence-electron chi connectivity index (χ4n) is 2.69. The molecule has 1 atom stereocenters. The molecule has 0 saturated carbocycles. The predicted molar refractivity (Wildman–Crippen MR) is 111 cm³/mol. The Labute approximate surface area is 174 Å². The van der Waals surface area contributed by atoms with Crippen molar-refractivity contribution >= 4 is 23.5 Å². The third kappa shape index (κ3) is 5.83. The van der Waals surface area contributed by atoms with E-state index in [0.717, 1.165) is 5.56 Å². The number of carbonyl (C=O) groups excluding carboxylic acids is 2. The lowest BCUT2D eigenvalue weighted by molar-refractivity contribution is -0.124. The lowest BCUT2D eigenvalue weighted by Crippen LogP contribution is -2.31. The van der Waals surface area contributed by atoms with Crippen LogP contribution in [0.4, 0.5) is 0 Å². The molecule has 0 aliphatic heterocycles. The number of hydrogen-bond donors (Lipinski definition) is 1. The fourth-order valence-corrected chi connectivity index (χ4v) is 2.89. The lowest BCUT2D eigenvalue weighted by atomic mass is 10.1. The molecule has 0 unspecified atom stereocenters. The Bertz CT molecular complexity index is 991. The summed E-state index contributed by atoms with van der Waals surface area (Å²) in [5.41, 5.74) is 1.10. The number of benzene rings is 3. The lowest BCUT2D eigenvalue weighted by Gasteiger charge is -2.15. The molecule has 6 heteroatoms. The van der Waals surface area contributed by atoms with E-state index in [1.807, 2.05) is 37.3 Å². The predicted octanol–water partition coefficient (Wildman–Crippen LogP) is 5.17. The van der Waals surface area contributed by atoms with E-state index >= 15 is 0 Å². The van der Waals surface area contributed by atoms with E-state index in [9.17, 15) is 9.59 Å². The molecular formula is C23H20ClNO4. The molecule has 0 saturated heterocycles. The van der Waals surface area contributed by atoms with Crippen LogP contribution in [0.1, 0.15) is 28.9 Å². The first kappa shape index (κ1) is 20.4. The molecule has 5 nitrogen and oxygen atoms in total. The number of para-hydroxylation sites is 2. The third-order valence-electron chi connectivity index (χ3n) is 4.14. The highest BCUT2D eigenvalue weighted by Crippen LogP contribution is 2.25. The van der Waals surface area contributed by atoms with Crippen LogP contribution in [-0.4, -0.2) is 18.5 Å². The molecule has 148 valence electrons. The number of ether oxygens (including phenoxy) is 2. The van der Waals surface area contributed by atoms with Crippen molar-refractivity contribution in [1.82, 2.24) is 5.32 Å². The van der Waals surface area contributed by atoms with Gasteiger partial charge in [-0.05, 0) is 48.9 Å². The highest BCUT2D eigenvalue weighted by Gasteiger charge is 2.17. The molecule has 0 bridgehead atoms. The molecule has 0 radical (unpaired) electrons. The summed E-state index contributed by atoms with van der Waals surface area (Å²) in [4.78, 5) is 24.6. The molecule has 1 N–H and O–H groups in total. The van der Waals surface area contributed by atoms with Crippen LogP contribution in [0.2, 0.25) is 5.02 Å². The highest BCUT2D eigenvalue weighted by atomic mass is 35.5. The number of esters is 1. The van der Waals surface area contributed by atoms with Crippen LogP contribution < -0.4 is 10.1 Å². The van der Waals surface area contributed by atoms with Crippen LogP contribution in [-0.2, 0) is 9.53 Å². The summed E-state index contributed by atoms with van der Waals surface area (Å²) in [5.74, 6) is -0.0911. The summed E-state index contributed by atoms with van der Waals surface area (Å²) in [7, 11) is 0. The van der Waals surface area contributed by atoms with Crippen LogP contribution in [0.5, 0.6) is 11.5 Å². The van der Waals surface area contributed by atoms with Crippen molar-refractivity contribution in [3.05, 3.63) is 95.0 Å². The summed E-state index contributed by atoms with van der Waals surface area (Å²) in [5, 5.41) is 3.37. The Kier molecular flexibility index (Phi) is 6.87. The Balaban J connectivity index is 1.58. The zero-order valence-electron chi connectivity index (χ0n) is 15.8. The quantitative estimate of drug-likeness (QED) is 0.547. The molecule has 3 rings (SSSR count). The standard InChI is InChI=1S/C23H20ClNO4/c1-16(17-8-7-9-18(24)14-17)25-22(26)15-28-23(27)20-12-5-6-13-21(20)29-19-10-3-2-4-11-19/h2-14,16H,15H2,1H3,(H,25,26)/t16-/m0/s1. The van der Waals surface area contributed by atoms with Crippen molar-refractivity contribution in [2.45, 2.75) is 13.0 Å². The van der Waals surface area contributed by atoms with Gasteiger partial charge in [0.15, 0.2) is 6.61 Å². The Morgan fingerprint density at radius 2 is 1.69 bits per heavy atom. The largest absolute Gasteiger partial charge is 0.456 e. The van der Waals surface area contributed by atoms with Crippen molar-refractivity contribution in [2.75, 3.05) is 6.61 Å². The molecule has 0 fully saturated rings. The maximum absolute atomic E-state index is 12.5. The summed E-state index contributed by atoms with van der Waals surface area (Å²) < 4.78 is 10.9. The van der Waals surface area contributed by atoms with Gasteiger partial charge in [0.2, 0.25) is 0 Å². The first-order valence-corrected chi connectivity index (χ1v) is 9.44. The van der Waals surface area contributed by atoms with E-state index < -0.39 is 18.5 Å². The summed E-state index contributed by atoms with van der Waals surface area (Å²) >= 11 is 5.97. The number of carbonyl (C=O) groups is 2. The molecule has 0 heterocycles. The normalized spacial score (nSPS) is 11.4. The monoisotopic (exact) mass is 409 g/mol. The van der Waals surface area contributed by atoms with Gasteiger partial charge in [-0.1, -0.05) is 54.1 Å². The second-order valence-corrected chi connectivity index (χ2v) is 6.77. The van der Waals surface area contributed by atoms with Crippen LogP contribution >= 0.6 is 11.6 Å². The highest BCUT2D eigenvalue weighted by molar-refractivity contribution is 6.30. The number of rotatable bonds is 7. The minimum atomic E-state index is -0.637. The van der Waals surface area contributed by atoms with E-state index in [-0.39, 0.29) is 11.6 Å². The van der Waals surface area contributed by atoms with Crippen LogP contribution in [0, 0.1) is 0 Å². The van der Waals surface area contributed by atoms with Gasteiger partial charge in [-0.25, -0.2) is 4.79 Å². The molecule has 3 aromatic rings. The Hall–Kier alpha value is -3.31. The van der Waals surface area contributed by atoms with Gasteiger partial charge in [0.05, 0.1) is 6.04 Å². The van der Waals surface area contributed by atoms with Crippen LogP contribution in [0.25, 0.3) is 0 Å². The van der Waals surface area contributed by atoms with Gasteiger partial charge < -0.3 is 14.8 Å². The molecule has 0 aliphatic carbocycles. The molecule has 0 aromatic heterocycles. The number of nitrogens with one attached hydrogen (secondary N) is 1. The second kappa shape index (κ2) is 9.75. The zero-order chi connectivity index (χ0) is 20.6. The molecule has 3 aromatic carbocycles. The molecule has 29 heavy (non-hydrogen) atoms. The molecule has 0 spiro atoms. The molecule has 1 amide bonds. The van der Waals surface area contributed by atoms with Crippen molar-refractivity contribution < 1.29 is 19.1 Å². The van der Waals surface area contributed by atoms with Crippen LogP contribution in [0.3, 0.4) is 0 Å². The second-order valence-electron chi connectivity index (χ2n) is 6.33. The Morgan fingerprint density at radius 1 is 0.966 bits per heavy atom. The van der Waals surface area contributed by atoms with Crippen molar-refractivity contribution in [1.29, 1.82) is 0 Å². The first-order chi connectivity index (χ1) is 14.0. The maximum atomic E-state index is 12.5. The van der Waals surface area contributed by atoms with Gasteiger partial charge in [0.1, 0.15) is 17.1 Å². The van der Waals surface area contributed by atoms with Gasteiger partial charge >= 0.3 is 5.97 Å². The number of amides is 1. The number of hydrogen-bond acceptors (Lipinski definition) is 4. The van der Waals surface area contributed by atoms with Gasteiger partial charge in [-0.2, -0.15) is 0 Å². The van der Waals surface area contributed by atoms with Gasteiger partial charge in [-0.3, -0.25) is 4.79 Å². The van der Waals surface area contributed by atoms with Crippen molar-refractivity contribution in [2.24, 2.45) is 0 Å². The minimum Gasteiger partial charge on any atom is -0.456 e. The van der Waals surface area contributed by atoms with E-state index in [0.29, 0.717) is 16.5 Å². The summed E-state index contributed by atoms with van der Waals surface area (Å²) in [6, 6.07) is 22.8. The van der Waals surface area contributed by atoms with E-state index in [4.69, 9.17) is 21.1 Å². The van der Waals surface area contributed by atoms with Crippen molar-refractivity contribution in [3.8, 4) is 11.5 Å². The van der Waals surface area contributed by atoms with E-state index in [2.05, 4.69) is 5.32 Å². The molecule has 0 aliphatic rings. The average molecular weight is 410 g/mol. The molecular weight excluding hydrogens is 390 g/mol. The van der Waals surface area contributed by atoms with Crippen LogP contribution in [0.15, 0.2) is 78.9 Å². The van der Waals surface area contributed by atoms with Crippen molar-refractivity contribution in [3.63, 3.8) is 0 Å². The zero-order valence-corrected chi connectivity index (χ0v) is 16.6. The van der Waals surface area contributed by atoms with E-state index in [1.54, 1.807) is 48.5 Å².